The highest BCUT2D eigenvalue weighted by atomic mass is 19.4. The Labute approximate surface area is 161 Å². The van der Waals surface area contributed by atoms with Crippen LogP contribution in [0.1, 0.15) is 18.2 Å². The summed E-state index contributed by atoms with van der Waals surface area (Å²) in [6, 6.07) is 7.22. The minimum atomic E-state index is -4.51. The summed E-state index contributed by atoms with van der Waals surface area (Å²) in [6.45, 7) is 2.20. The lowest BCUT2D eigenvalue weighted by Gasteiger charge is -2.18. The number of methoxy groups -OCH3 is 1. The van der Waals surface area contributed by atoms with Gasteiger partial charge >= 0.3 is 6.18 Å². The van der Waals surface area contributed by atoms with Crippen LogP contribution in [0.2, 0.25) is 0 Å². The molecule has 0 fully saturated rings. The number of ether oxygens (including phenoxy) is 2. The highest BCUT2D eigenvalue weighted by Gasteiger charge is 2.36. The van der Waals surface area contributed by atoms with Crippen molar-refractivity contribution in [1.29, 1.82) is 0 Å². The molecule has 1 aromatic heterocycles. The van der Waals surface area contributed by atoms with Crippen molar-refractivity contribution in [2.24, 2.45) is 12.0 Å². The summed E-state index contributed by atoms with van der Waals surface area (Å²) in [6.07, 6.45) is -3.39. The number of halogens is 3. The molecule has 0 saturated heterocycles. The third-order valence-electron chi connectivity index (χ3n) is 3.78. The van der Waals surface area contributed by atoms with Crippen LogP contribution in [0.3, 0.4) is 0 Å². The zero-order valence-corrected chi connectivity index (χ0v) is 16.2. The molecule has 1 aromatic carbocycles. The van der Waals surface area contributed by atoms with E-state index >= 15 is 0 Å². The van der Waals surface area contributed by atoms with E-state index in [1.165, 1.54) is 20.3 Å². The molecule has 0 radical (unpaired) electrons. The largest absolute Gasteiger partial charge is 0.497 e. The van der Waals surface area contributed by atoms with Gasteiger partial charge in [-0.05, 0) is 19.1 Å². The second-order valence-electron chi connectivity index (χ2n) is 6.09. The van der Waals surface area contributed by atoms with Crippen LogP contribution < -0.4 is 20.1 Å². The Balaban J connectivity index is 1.88. The van der Waals surface area contributed by atoms with Crippen LogP contribution in [-0.2, 0) is 19.8 Å². The Hall–Kier alpha value is -2.91. The summed E-state index contributed by atoms with van der Waals surface area (Å²) < 4.78 is 51.1. The molecule has 1 atom stereocenters. The minimum Gasteiger partial charge on any atom is -0.497 e. The fourth-order valence-corrected chi connectivity index (χ4v) is 2.49. The quantitative estimate of drug-likeness (QED) is 0.553. The van der Waals surface area contributed by atoms with Crippen LogP contribution >= 0.6 is 0 Å². The van der Waals surface area contributed by atoms with E-state index in [2.05, 4.69) is 20.7 Å². The predicted octanol–water partition coefficient (Wildman–Crippen LogP) is 2.58. The Kier molecular flexibility index (Phi) is 7.13. The van der Waals surface area contributed by atoms with Gasteiger partial charge in [0.05, 0.1) is 13.7 Å². The Bertz CT molecular complexity index is 805. The number of aryl methyl sites for hydroxylation is 1. The number of hydrogen-bond acceptors (Lipinski definition) is 4. The van der Waals surface area contributed by atoms with Crippen LogP contribution in [-0.4, -0.2) is 42.5 Å². The van der Waals surface area contributed by atoms with Gasteiger partial charge in [-0.3, -0.25) is 9.67 Å². The second kappa shape index (κ2) is 9.34. The number of nitrogens with one attached hydrogen (secondary N) is 2. The van der Waals surface area contributed by atoms with Gasteiger partial charge in [-0.25, -0.2) is 0 Å². The molecule has 1 unspecified atom stereocenters. The molecule has 0 aliphatic carbocycles. The molecule has 0 aliphatic heterocycles. The number of nitrogens with zero attached hydrogens (tertiary/aromatic N) is 3. The van der Waals surface area contributed by atoms with Crippen LogP contribution in [0.25, 0.3) is 0 Å². The molecule has 0 amide bonds. The Morgan fingerprint density at radius 3 is 2.64 bits per heavy atom. The van der Waals surface area contributed by atoms with Crippen molar-refractivity contribution in [2.45, 2.75) is 25.7 Å². The molecule has 10 heteroatoms. The molecule has 154 valence electrons. The fourth-order valence-electron chi connectivity index (χ4n) is 2.49. The molecule has 2 aromatic rings. The molecular weight excluding hydrogens is 375 g/mol. The summed E-state index contributed by atoms with van der Waals surface area (Å²) in [7, 11) is 4.56. The average Bonchev–Trinajstić information content (AvgIpc) is 3.03. The van der Waals surface area contributed by atoms with Gasteiger partial charge in [0.25, 0.3) is 0 Å². The Morgan fingerprint density at radius 2 is 2.00 bits per heavy atom. The number of guanidine groups is 1. The van der Waals surface area contributed by atoms with Gasteiger partial charge in [-0.1, -0.05) is 6.07 Å². The van der Waals surface area contributed by atoms with Crippen molar-refractivity contribution in [3.05, 3.63) is 41.7 Å². The van der Waals surface area contributed by atoms with Crippen LogP contribution in [0, 0.1) is 0 Å². The summed E-state index contributed by atoms with van der Waals surface area (Å²) in [5.41, 5.74) is -0.869. The second-order valence-corrected chi connectivity index (χ2v) is 6.09. The van der Waals surface area contributed by atoms with Crippen molar-refractivity contribution in [3.63, 3.8) is 0 Å². The molecule has 0 aliphatic rings. The number of benzene rings is 1. The maximum atomic E-state index is 13.0. The lowest BCUT2D eigenvalue weighted by Crippen LogP contribution is -2.41. The highest BCUT2D eigenvalue weighted by Crippen LogP contribution is 2.30. The summed E-state index contributed by atoms with van der Waals surface area (Å²) in [4.78, 5) is 4.02. The molecule has 1 heterocycles. The lowest BCUT2D eigenvalue weighted by molar-refractivity contribution is -0.142. The van der Waals surface area contributed by atoms with E-state index < -0.39 is 11.9 Å². The van der Waals surface area contributed by atoms with E-state index in [9.17, 15) is 13.2 Å². The zero-order chi connectivity index (χ0) is 20.7. The van der Waals surface area contributed by atoms with Crippen molar-refractivity contribution in [3.8, 4) is 11.5 Å². The van der Waals surface area contributed by atoms with Gasteiger partial charge in [-0.2, -0.15) is 18.3 Å². The van der Waals surface area contributed by atoms with Crippen molar-refractivity contribution in [2.75, 3.05) is 20.7 Å². The van der Waals surface area contributed by atoms with Gasteiger partial charge in [0.2, 0.25) is 0 Å². The number of alkyl halides is 3. The fraction of sp³-hybridized carbons (Fsp3) is 0.444. The molecular formula is C18H24F3N5O2. The normalized spacial score (nSPS) is 13.2. The number of rotatable bonds is 7. The van der Waals surface area contributed by atoms with Gasteiger partial charge in [0.1, 0.15) is 17.6 Å². The SMILES string of the molecule is CN=C(NCc1cn(C)nc1C(F)(F)F)NCC(C)Oc1cccc(OC)c1. The van der Waals surface area contributed by atoms with E-state index in [1.54, 1.807) is 13.2 Å². The third kappa shape index (κ3) is 6.07. The molecule has 28 heavy (non-hydrogen) atoms. The topological polar surface area (TPSA) is 72.7 Å². The van der Waals surface area contributed by atoms with E-state index in [0.29, 0.717) is 24.0 Å². The van der Waals surface area contributed by atoms with Crippen LogP contribution in [0.4, 0.5) is 13.2 Å². The van der Waals surface area contributed by atoms with E-state index in [-0.39, 0.29) is 18.2 Å². The van der Waals surface area contributed by atoms with E-state index in [4.69, 9.17) is 9.47 Å². The highest BCUT2D eigenvalue weighted by molar-refractivity contribution is 5.79. The van der Waals surface area contributed by atoms with Crippen molar-refractivity contribution >= 4 is 5.96 Å². The van der Waals surface area contributed by atoms with Gasteiger partial charge in [0.15, 0.2) is 11.7 Å². The first-order chi connectivity index (χ1) is 13.2. The first-order valence-electron chi connectivity index (χ1n) is 8.58. The van der Waals surface area contributed by atoms with Gasteiger partial charge in [0, 0.05) is 38.5 Å². The summed E-state index contributed by atoms with van der Waals surface area (Å²) in [5, 5.41) is 9.37. The standard InChI is InChI=1S/C18H24F3N5O2/c1-12(28-15-7-5-6-14(8-15)27-4)9-23-17(22-2)24-10-13-11-26(3)25-16(13)18(19,20)21/h5-8,11-12H,9-10H2,1-4H3,(H2,22,23,24). The predicted molar refractivity (Wildman–Crippen MR) is 99.5 cm³/mol. The molecule has 0 spiro atoms. The molecule has 2 rings (SSSR count). The molecule has 7 nitrogen and oxygen atoms in total. The Morgan fingerprint density at radius 1 is 1.29 bits per heavy atom. The van der Waals surface area contributed by atoms with Gasteiger partial charge < -0.3 is 20.1 Å². The maximum absolute atomic E-state index is 13.0. The molecule has 2 N–H and O–H groups in total. The average molecular weight is 399 g/mol. The third-order valence-corrected chi connectivity index (χ3v) is 3.78. The van der Waals surface area contributed by atoms with Gasteiger partial charge in [-0.15, -0.1) is 0 Å². The van der Waals surface area contributed by atoms with Crippen molar-refractivity contribution < 1.29 is 22.6 Å². The first kappa shape index (κ1) is 21.4. The van der Waals surface area contributed by atoms with E-state index in [1.807, 2.05) is 25.1 Å². The smallest absolute Gasteiger partial charge is 0.435 e. The summed E-state index contributed by atoms with van der Waals surface area (Å²) >= 11 is 0. The monoisotopic (exact) mass is 399 g/mol. The van der Waals surface area contributed by atoms with Crippen LogP contribution in [0.15, 0.2) is 35.5 Å². The summed E-state index contributed by atoms with van der Waals surface area (Å²) in [5.74, 6) is 1.70. The first-order valence-corrected chi connectivity index (χ1v) is 8.58. The zero-order valence-electron chi connectivity index (χ0n) is 16.2. The molecule has 0 saturated carbocycles. The van der Waals surface area contributed by atoms with Crippen molar-refractivity contribution in [1.82, 2.24) is 20.4 Å². The maximum Gasteiger partial charge on any atom is 0.435 e. The number of aliphatic imine (C=N–C) groups is 1. The molecule has 0 bridgehead atoms. The minimum absolute atomic E-state index is 0.0404. The number of hydrogen-bond donors (Lipinski definition) is 2. The van der Waals surface area contributed by atoms with E-state index in [0.717, 1.165) is 4.68 Å². The van der Waals surface area contributed by atoms with Crippen LogP contribution in [0.5, 0.6) is 11.5 Å². The lowest BCUT2D eigenvalue weighted by atomic mass is 10.2. The number of aromatic nitrogens is 2.